The topological polar surface area (TPSA) is 12.2 Å². The molecule has 4 heteroatoms. The Kier molecular flexibility index (Phi) is 5.99. The van der Waals surface area contributed by atoms with Crippen molar-refractivity contribution in [1.82, 2.24) is 0 Å². The lowest BCUT2D eigenvalue weighted by molar-refractivity contribution is -0.291. The van der Waals surface area contributed by atoms with Gasteiger partial charge in [0.1, 0.15) is 0 Å². The predicted molar refractivity (Wildman–Crippen MR) is 96.5 cm³/mol. The zero-order chi connectivity index (χ0) is 16.4. The molecule has 0 bridgehead atoms. The van der Waals surface area contributed by atoms with E-state index in [1.807, 2.05) is 6.40 Å². The molecule has 116 valence electrons. The Bertz CT molecular complexity index is 507. The monoisotopic (exact) mass is 320 g/mol. The molecule has 1 rings (SSSR count). The average molecular weight is 321 g/mol. The molecule has 21 heavy (non-hydrogen) atoms. The van der Waals surface area contributed by atoms with E-state index >= 15 is 0 Å². The highest BCUT2D eigenvalue weighted by Crippen LogP contribution is 2.28. The summed E-state index contributed by atoms with van der Waals surface area (Å²) in [6.07, 6.45) is 2.00. The van der Waals surface area contributed by atoms with Crippen molar-refractivity contribution in [3.63, 3.8) is 0 Å². The predicted octanol–water partition coefficient (Wildman–Crippen LogP) is 4.97. The van der Waals surface area contributed by atoms with E-state index in [0.29, 0.717) is 0 Å². The molecule has 2 radical (unpaired) electrons. The molecule has 0 saturated carbocycles. The Morgan fingerprint density at radius 2 is 1.48 bits per heavy atom. The van der Waals surface area contributed by atoms with Crippen LogP contribution in [0.2, 0.25) is 24.7 Å². The van der Waals surface area contributed by atoms with Crippen LogP contribution >= 0.6 is 0 Å². The van der Waals surface area contributed by atoms with Crippen LogP contribution < -0.4 is 0 Å². The van der Waals surface area contributed by atoms with E-state index in [0.717, 1.165) is 0 Å². The SMILES string of the molecule is Cc1cc(C)c(/[N+](=C/O[Si](C)C(C)(C)C)[Si](C)C)c(C)c1. The first kappa shape index (κ1) is 18.2. The van der Waals surface area contributed by atoms with Crippen molar-refractivity contribution in [1.29, 1.82) is 0 Å². The van der Waals surface area contributed by atoms with Gasteiger partial charge < -0.3 is 4.43 Å². The van der Waals surface area contributed by atoms with E-state index in [1.54, 1.807) is 0 Å². The Labute approximate surface area is 134 Å². The molecule has 0 aromatic heterocycles. The fourth-order valence-corrected chi connectivity index (χ4v) is 4.03. The van der Waals surface area contributed by atoms with E-state index < -0.39 is 18.0 Å². The van der Waals surface area contributed by atoms with Crippen molar-refractivity contribution < 1.29 is 8.67 Å². The Morgan fingerprint density at radius 1 is 1.00 bits per heavy atom. The lowest BCUT2D eigenvalue weighted by atomic mass is 10.1. The summed E-state index contributed by atoms with van der Waals surface area (Å²) < 4.78 is 8.52. The number of rotatable bonds is 4. The number of hydrogen-bond donors (Lipinski definition) is 0. The summed E-state index contributed by atoms with van der Waals surface area (Å²) in [6.45, 7) is 20.2. The molecular weight excluding hydrogens is 290 g/mol. The van der Waals surface area contributed by atoms with Crippen LogP contribution in [0.4, 0.5) is 5.69 Å². The van der Waals surface area contributed by atoms with Crippen molar-refractivity contribution in [2.45, 2.75) is 66.2 Å². The van der Waals surface area contributed by atoms with Gasteiger partial charge in [-0.25, -0.2) is 4.24 Å². The summed E-state index contributed by atoms with van der Waals surface area (Å²) in [6, 6.07) is 4.52. The summed E-state index contributed by atoms with van der Waals surface area (Å²) in [5.41, 5.74) is 5.31. The molecule has 0 aliphatic carbocycles. The van der Waals surface area contributed by atoms with Crippen LogP contribution in [0, 0.1) is 20.8 Å². The van der Waals surface area contributed by atoms with Crippen molar-refractivity contribution in [3.05, 3.63) is 28.8 Å². The summed E-state index contributed by atoms with van der Waals surface area (Å²) in [7, 11) is -1.51. The lowest BCUT2D eigenvalue weighted by Gasteiger charge is -2.22. The van der Waals surface area contributed by atoms with Gasteiger partial charge in [0.15, 0.2) is 5.69 Å². The van der Waals surface area contributed by atoms with Crippen LogP contribution in [0.1, 0.15) is 37.5 Å². The molecule has 0 saturated heterocycles. The zero-order valence-corrected chi connectivity index (χ0v) is 17.1. The van der Waals surface area contributed by atoms with E-state index in [9.17, 15) is 0 Å². The van der Waals surface area contributed by atoms with E-state index in [1.165, 1.54) is 22.4 Å². The average Bonchev–Trinajstić information content (AvgIpc) is 2.29. The van der Waals surface area contributed by atoms with Crippen LogP contribution in [0.25, 0.3) is 0 Å². The van der Waals surface area contributed by atoms with Crippen LogP contribution in [-0.4, -0.2) is 28.6 Å². The summed E-state index contributed by atoms with van der Waals surface area (Å²) in [4.78, 5) is 0. The van der Waals surface area contributed by atoms with Gasteiger partial charge in [0, 0.05) is 11.1 Å². The second-order valence-electron chi connectivity index (χ2n) is 7.09. The van der Waals surface area contributed by atoms with Gasteiger partial charge in [-0.2, -0.15) is 0 Å². The highest BCUT2D eigenvalue weighted by atomic mass is 28.3. The van der Waals surface area contributed by atoms with Gasteiger partial charge >= 0.3 is 8.96 Å². The molecule has 2 nitrogen and oxygen atoms in total. The van der Waals surface area contributed by atoms with Gasteiger partial charge in [0.2, 0.25) is 0 Å². The molecule has 0 N–H and O–H groups in total. The molecular formula is C17H30NOSi2+. The first-order valence-electron chi connectivity index (χ1n) is 7.55. The molecule has 0 aliphatic heterocycles. The van der Waals surface area contributed by atoms with Crippen LogP contribution in [0.3, 0.4) is 0 Å². The highest BCUT2D eigenvalue weighted by molar-refractivity contribution is 6.55. The number of hydrogen-bond acceptors (Lipinski definition) is 1. The van der Waals surface area contributed by atoms with Crippen molar-refractivity contribution >= 4 is 30.1 Å². The fraction of sp³-hybridized carbons (Fsp3) is 0.588. The first-order chi connectivity index (χ1) is 9.54. The second-order valence-corrected chi connectivity index (χ2v) is 12.3. The molecule has 0 spiro atoms. The third kappa shape index (κ3) is 4.82. The van der Waals surface area contributed by atoms with E-state index in [2.05, 4.69) is 77.6 Å². The van der Waals surface area contributed by atoms with E-state index in [4.69, 9.17) is 4.43 Å². The number of aryl methyl sites for hydroxylation is 3. The molecule has 0 heterocycles. The van der Waals surface area contributed by atoms with Crippen LogP contribution in [0.5, 0.6) is 0 Å². The van der Waals surface area contributed by atoms with Gasteiger partial charge in [0.25, 0.3) is 15.4 Å². The summed E-state index contributed by atoms with van der Waals surface area (Å²) in [5.74, 6) is 0. The minimum absolute atomic E-state index is 0.249. The van der Waals surface area contributed by atoms with Gasteiger partial charge in [-0.05, 0) is 57.6 Å². The van der Waals surface area contributed by atoms with Crippen molar-refractivity contribution in [3.8, 4) is 0 Å². The lowest BCUT2D eigenvalue weighted by Crippen LogP contribution is -2.30. The van der Waals surface area contributed by atoms with Crippen LogP contribution in [-0.2, 0) is 4.43 Å². The Hall–Kier alpha value is -0.876. The maximum atomic E-state index is 6.15. The van der Waals surface area contributed by atoms with E-state index in [-0.39, 0.29) is 5.04 Å². The summed E-state index contributed by atoms with van der Waals surface area (Å²) in [5, 5.41) is 0.249. The quantitative estimate of drug-likeness (QED) is 0.433. The van der Waals surface area contributed by atoms with Crippen molar-refractivity contribution in [2.75, 3.05) is 0 Å². The smallest absolute Gasteiger partial charge is 0.419 e. The molecule has 0 unspecified atom stereocenters. The molecule has 0 aliphatic rings. The number of benzene rings is 1. The Balaban J connectivity index is 3.20. The first-order valence-corrected chi connectivity index (χ1v) is 11.9. The fourth-order valence-electron chi connectivity index (χ4n) is 2.24. The second kappa shape index (κ2) is 6.92. The largest absolute Gasteiger partial charge is 0.504 e. The maximum absolute atomic E-state index is 6.15. The highest BCUT2D eigenvalue weighted by Gasteiger charge is 2.28. The van der Waals surface area contributed by atoms with Gasteiger partial charge in [-0.3, -0.25) is 0 Å². The van der Waals surface area contributed by atoms with Crippen LogP contribution in [0.15, 0.2) is 12.1 Å². The van der Waals surface area contributed by atoms with Gasteiger partial charge in [0.05, 0.1) is 0 Å². The minimum atomic E-state index is -0.855. The number of nitrogens with zero attached hydrogens (tertiary/aromatic N) is 1. The normalized spacial score (nSPS) is 13.2. The van der Waals surface area contributed by atoms with Gasteiger partial charge in [-0.15, -0.1) is 0 Å². The molecule has 0 fully saturated rings. The minimum Gasteiger partial charge on any atom is -0.504 e. The van der Waals surface area contributed by atoms with Crippen molar-refractivity contribution in [2.24, 2.45) is 0 Å². The maximum Gasteiger partial charge on any atom is 0.419 e. The molecule has 1 aromatic rings. The molecule has 0 atom stereocenters. The molecule has 1 aromatic carbocycles. The standard InChI is InChI=1S/C17H30NOSi2/c1-13-10-14(2)16(15(3)11-13)18(20(7)8)12-19-21(9)17(4,5)6/h10-12H,1-9H3/q+1/b18-12-. The summed E-state index contributed by atoms with van der Waals surface area (Å²) >= 11 is 0. The Morgan fingerprint density at radius 3 is 1.86 bits per heavy atom. The third-order valence-electron chi connectivity index (χ3n) is 3.75. The van der Waals surface area contributed by atoms with Gasteiger partial charge in [-0.1, -0.05) is 26.3 Å². The molecule has 0 amide bonds. The zero-order valence-electron chi connectivity index (χ0n) is 15.1. The third-order valence-corrected chi connectivity index (χ3v) is 7.61.